The van der Waals surface area contributed by atoms with E-state index >= 15 is 0 Å². The van der Waals surface area contributed by atoms with E-state index < -0.39 is 0 Å². The predicted octanol–water partition coefficient (Wildman–Crippen LogP) is 4.20. The minimum absolute atomic E-state index is 0.488. The first-order chi connectivity index (χ1) is 6.60. The van der Waals surface area contributed by atoms with Gasteiger partial charge in [-0.3, -0.25) is 0 Å². The van der Waals surface area contributed by atoms with Crippen molar-refractivity contribution in [1.82, 2.24) is 0 Å². The quantitative estimate of drug-likeness (QED) is 0.606. The Bertz CT molecular complexity index is 314. The molecule has 0 amide bonds. The molecule has 0 aromatic carbocycles. The zero-order valence-corrected chi connectivity index (χ0v) is 9.30. The molecule has 0 heteroatoms. The average molecular weight is 186 g/mol. The molecule has 0 nitrogen and oxygen atoms in total. The Hall–Kier alpha value is -1.30. The van der Waals surface area contributed by atoms with Gasteiger partial charge in [0.15, 0.2) is 0 Å². The fraction of sp³-hybridized carbons (Fsp3) is 0.286. The van der Waals surface area contributed by atoms with E-state index in [1.54, 1.807) is 0 Å². The molecule has 0 radical (unpaired) electrons. The highest BCUT2D eigenvalue weighted by Crippen LogP contribution is 2.28. The van der Waals surface area contributed by atoms with Crippen LogP contribution in [0.3, 0.4) is 0 Å². The largest absolute Gasteiger partial charge is 0.0984 e. The Morgan fingerprint density at radius 3 is 1.64 bits per heavy atom. The van der Waals surface area contributed by atoms with Crippen LogP contribution in [-0.2, 0) is 0 Å². The lowest BCUT2D eigenvalue weighted by atomic mass is 9.98. The Balaban J connectivity index is 3.38. The second-order valence-electron chi connectivity index (χ2n) is 3.79. The van der Waals surface area contributed by atoms with Crippen molar-refractivity contribution in [2.45, 2.75) is 20.8 Å². The molecule has 0 spiro atoms. The topological polar surface area (TPSA) is 0 Å². The summed E-state index contributed by atoms with van der Waals surface area (Å²) in [5.41, 5.74) is 4.99. The summed E-state index contributed by atoms with van der Waals surface area (Å²) in [7, 11) is 0. The van der Waals surface area contributed by atoms with E-state index in [2.05, 4.69) is 46.1 Å². The lowest BCUT2D eigenvalue weighted by Gasteiger charge is -2.07. The van der Waals surface area contributed by atoms with E-state index in [4.69, 9.17) is 0 Å². The molecule has 0 bridgehead atoms. The molecule has 14 heavy (non-hydrogen) atoms. The van der Waals surface area contributed by atoms with E-state index in [0.717, 1.165) is 0 Å². The molecule has 0 saturated carbocycles. The fourth-order valence-corrected chi connectivity index (χ4v) is 1.98. The summed E-state index contributed by atoms with van der Waals surface area (Å²) < 4.78 is 0. The lowest BCUT2D eigenvalue weighted by molar-refractivity contribution is 0.924. The van der Waals surface area contributed by atoms with E-state index in [-0.39, 0.29) is 0 Å². The zero-order valence-electron chi connectivity index (χ0n) is 9.30. The van der Waals surface area contributed by atoms with Crippen molar-refractivity contribution in [2.24, 2.45) is 5.92 Å². The minimum atomic E-state index is 0.488. The average Bonchev–Trinajstić information content (AvgIpc) is 2.21. The van der Waals surface area contributed by atoms with Crippen molar-refractivity contribution < 1.29 is 0 Å². The maximum Gasteiger partial charge on any atom is -0.00700 e. The molecule has 0 atom stereocenters. The van der Waals surface area contributed by atoms with Crippen molar-refractivity contribution in [3.05, 3.63) is 59.8 Å². The van der Waals surface area contributed by atoms with Crippen LogP contribution in [0.15, 0.2) is 59.8 Å². The van der Waals surface area contributed by atoms with Gasteiger partial charge in [-0.1, -0.05) is 44.4 Å². The minimum Gasteiger partial charge on any atom is -0.0984 e. The van der Waals surface area contributed by atoms with Crippen LogP contribution in [0, 0.1) is 5.92 Å². The normalized spacial score (nSPS) is 18.5. The first-order valence-electron chi connectivity index (χ1n) is 4.97. The van der Waals surface area contributed by atoms with Crippen molar-refractivity contribution in [2.75, 3.05) is 0 Å². The molecular formula is C14H18. The zero-order chi connectivity index (χ0) is 10.7. The molecule has 0 N–H and O–H groups in total. The van der Waals surface area contributed by atoms with Gasteiger partial charge in [0, 0.05) is 0 Å². The van der Waals surface area contributed by atoms with Crippen LogP contribution in [0.2, 0.25) is 0 Å². The maximum atomic E-state index is 3.86. The van der Waals surface area contributed by atoms with Crippen LogP contribution >= 0.6 is 0 Å². The molecule has 0 aromatic rings. The van der Waals surface area contributed by atoms with Crippen LogP contribution in [0.1, 0.15) is 20.8 Å². The Morgan fingerprint density at radius 2 is 1.36 bits per heavy atom. The summed E-state index contributed by atoms with van der Waals surface area (Å²) in [6.07, 6.45) is 8.35. The summed E-state index contributed by atoms with van der Waals surface area (Å²) in [4.78, 5) is 0. The van der Waals surface area contributed by atoms with Gasteiger partial charge in [-0.15, -0.1) is 0 Å². The van der Waals surface area contributed by atoms with Crippen LogP contribution in [0.4, 0.5) is 0 Å². The summed E-state index contributed by atoms with van der Waals surface area (Å²) in [5, 5.41) is 0. The molecule has 0 heterocycles. The fourth-order valence-electron chi connectivity index (χ4n) is 1.98. The second-order valence-corrected chi connectivity index (χ2v) is 3.79. The summed E-state index contributed by atoms with van der Waals surface area (Å²) in [6, 6.07) is 0. The van der Waals surface area contributed by atoms with Gasteiger partial charge in [-0.25, -0.2) is 0 Å². The molecule has 0 unspecified atom stereocenters. The van der Waals surface area contributed by atoms with Crippen LogP contribution in [0.25, 0.3) is 0 Å². The molecule has 0 saturated heterocycles. The van der Waals surface area contributed by atoms with E-state index in [9.17, 15) is 0 Å². The smallest absolute Gasteiger partial charge is 0.00700 e. The SMILES string of the molecule is C=CC1=C(C=C)C(C)=CC(C)C=C1C. The molecule has 74 valence electrons. The van der Waals surface area contributed by atoms with E-state index in [1.807, 2.05) is 12.2 Å². The number of rotatable bonds is 2. The molecule has 1 aliphatic rings. The number of hydrogen-bond acceptors (Lipinski definition) is 0. The Labute approximate surface area is 87.0 Å². The molecule has 0 fully saturated rings. The highest BCUT2D eigenvalue weighted by Gasteiger charge is 2.10. The first-order valence-corrected chi connectivity index (χ1v) is 4.97. The third-order valence-electron chi connectivity index (χ3n) is 2.57. The third kappa shape index (κ3) is 1.95. The van der Waals surface area contributed by atoms with Gasteiger partial charge in [0.2, 0.25) is 0 Å². The summed E-state index contributed by atoms with van der Waals surface area (Å²) in [6.45, 7) is 14.2. The molecule has 0 aromatic heterocycles. The summed E-state index contributed by atoms with van der Waals surface area (Å²) in [5.74, 6) is 0.488. The van der Waals surface area contributed by atoms with E-state index in [1.165, 1.54) is 22.3 Å². The molecular weight excluding hydrogens is 168 g/mol. The van der Waals surface area contributed by atoms with Gasteiger partial charge in [0.25, 0.3) is 0 Å². The van der Waals surface area contributed by atoms with Crippen molar-refractivity contribution in [1.29, 1.82) is 0 Å². The van der Waals surface area contributed by atoms with Gasteiger partial charge in [-0.05, 0) is 42.1 Å². The monoisotopic (exact) mass is 186 g/mol. The maximum absolute atomic E-state index is 3.86. The van der Waals surface area contributed by atoms with E-state index in [0.29, 0.717) is 5.92 Å². The van der Waals surface area contributed by atoms with Gasteiger partial charge >= 0.3 is 0 Å². The molecule has 1 aliphatic carbocycles. The Morgan fingerprint density at radius 1 is 1.00 bits per heavy atom. The lowest BCUT2D eigenvalue weighted by Crippen LogP contribution is -1.88. The number of hydrogen-bond donors (Lipinski definition) is 0. The van der Waals surface area contributed by atoms with Crippen LogP contribution < -0.4 is 0 Å². The van der Waals surface area contributed by atoms with Crippen molar-refractivity contribution in [3.63, 3.8) is 0 Å². The van der Waals surface area contributed by atoms with Gasteiger partial charge in [-0.2, -0.15) is 0 Å². The Kier molecular flexibility index (Phi) is 3.29. The van der Waals surface area contributed by atoms with Crippen molar-refractivity contribution >= 4 is 0 Å². The number of allylic oxidation sites excluding steroid dienone is 8. The van der Waals surface area contributed by atoms with Gasteiger partial charge in [0.1, 0.15) is 0 Å². The van der Waals surface area contributed by atoms with Gasteiger partial charge < -0.3 is 0 Å². The highest BCUT2D eigenvalue weighted by molar-refractivity contribution is 5.55. The standard InChI is InChI=1S/C14H18/c1-6-13-11(4)8-10(3)9-12(5)14(13)7-2/h6-10H,1-2H2,3-5H3. The molecule has 0 aliphatic heterocycles. The molecule has 1 rings (SSSR count). The van der Waals surface area contributed by atoms with Gasteiger partial charge in [0.05, 0.1) is 0 Å². The predicted molar refractivity (Wildman–Crippen MR) is 64.1 cm³/mol. The second kappa shape index (κ2) is 4.28. The van der Waals surface area contributed by atoms with Crippen LogP contribution in [-0.4, -0.2) is 0 Å². The third-order valence-corrected chi connectivity index (χ3v) is 2.57. The van der Waals surface area contributed by atoms with Crippen molar-refractivity contribution in [3.8, 4) is 0 Å². The summed E-state index contributed by atoms with van der Waals surface area (Å²) >= 11 is 0. The first kappa shape index (κ1) is 10.8. The highest BCUT2D eigenvalue weighted by atomic mass is 14.1. The van der Waals surface area contributed by atoms with Crippen LogP contribution in [0.5, 0.6) is 0 Å².